The summed E-state index contributed by atoms with van der Waals surface area (Å²) in [5.41, 5.74) is 2.91. The van der Waals surface area contributed by atoms with Crippen LogP contribution in [0.4, 0.5) is 0 Å². The van der Waals surface area contributed by atoms with Crippen molar-refractivity contribution in [3.63, 3.8) is 0 Å². The zero-order chi connectivity index (χ0) is 18.8. The average molecular weight is 358 g/mol. The van der Waals surface area contributed by atoms with Crippen molar-refractivity contribution in [2.45, 2.75) is 32.1 Å². The first-order valence-corrected chi connectivity index (χ1v) is 9.34. The lowest BCUT2D eigenvalue weighted by molar-refractivity contribution is -0.135. The van der Waals surface area contributed by atoms with E-state index < -0.39 is 5.92 Å². The van der Waals surface area contributed by atoms with Crippen molar-refractivity contribution >= 4 is 5.97 Å². The van der Waals surface area contributed by atoms with Gasteiger partial charge in [0.2, 0.25) is 0 Å². The Morgan fingerprint density at radius 2 is 1.48 bits per heavy atom. The Bertz CT molecular complexity index is 914. The van der Waals surface area contributed by atoms with E-state index in [0.717, 1.165) is 17.5 Å². The highest BCUT2D eigenvalue weighted by atomic mass is 16.5. The van der Waals surface area contributed by atoms with Gasteiger partial charge in [-0.3, -0.25) is 4.79 Å². The van der Waals surface area contributed by atoms with Gasteiger partial charge in [-0.25, -0.2) is 0 Å². The Hall–Kier alpha value is -3.07. The fourth-order valence-electron chi connectivity index (χ4n) is 3.44. The fourth-order valence-corrected chi connectivity index (χ4v) is 3.44. The van der Waals surface area contributed by atoms with Gasteiger partial charge in [-0.15, -0.1) is 0 Å². The first-order chi connectivity index (χ1) is 13.2. The van der Waals surface area contributed by atoms with Gasteiger partial charge in [-0.2, -0.15) is 0 Å². The molecule has 1 atom stereocenters. The number of rotatable bonds is 4. The lowest BCUT2D eigenvalue weighted by atomic mass is 9.88. The predicted octanol–water partition coefficient (Wildman–Crippen LogP) is 6.04. The molecule has 4 rings (SSSR count). The molecule has 3 heteroatoms. The Balaban J connectivity index is 1.64. The largest absolute Gasteiger partial charge is 0.457 e. The van der Waals surface area contributed by atoms with Crippen LogP contribution in [0.25, 0.3) is 0 Å². The first kappa shape index (κ1) is 17.3. The number of carbonyl (C=O) groups excluding carboxylic acids is 1. The minimum Gasteiger partial charge on any atom is -0.457 e. The molecule has 1 heterocycles. The van der Waals surface area contributed by atoms with Crippen molar-refractivity contribution in [1.29, 1.82) is 0 Å². The molecule has 1 unspecified atom stereocenters. The van der Waals surface area contributed by atoms with E-state index in [4.69, 9.17) is 9.47 Å². The summed E-state index contributed by atoms with van der Waals surface area (Å²) in [7, 11) is 0. The van der Waals surface area contributed by atoms with Gasteiger partial charge >= 0.3 is 5.97 Å². The maximum absolute atomic E-state index is 13.1. The first-order valence-electron chi connectivity index (χ1n) is 9.34. The van der Waals surface area contributed by atoms with Crippen LogP contribution in [-0.2, 0) is 4.79 Å². The Kier molecular flexibility index (Phi) is 4.68. The molecule has 27 heavy (non-hydrogen) atoms. The van der Waals surface area contributed by atoms with Gasteiger partial charge in [-0.05, 0) is 42.2 Å². The molecule has 0 saturated heterocycles. The Labute approximate surface area is 159 Å². The van der Waals surface area contributed by atoms with Crippen molar-refractivity contribution in [3.05, 3.63) is 89.5 Å². The molecule has 0 N–H and O–H groups in total. The van der Waals surface area contributed by atoms with Crippen LogP contribution in [0.3, 0.4) is 0 Å². The lowest BCUT2D eigenvalue weighted by Crippen LogP contribution is -2.23. The molecule has 1 aliphatic heterocycles. The highest BCUT2D eigenvalue weighted by Crippen LogP contribution is 2.44. The topological polar surface area (TPSA) is 35.5 Å². The molecule has 1 aliphatic rings. The Morgan fingerprint density at radius 3 is 2.04 bits per heavy atom. The van der Waals surface area contributed by atoms with E-state index in [1.807, 2.05) is 72.8 Å². The molecular formula is C24H22O3. The zero-order valence-electron chi connectivity index (χ0n) is 15.5. The molecule has 0 bridgehead atoms. The van der Waals surface area contributed by atoms with Crippen LogP contribution in [0.1, 0.15) is 48.8 Å². The fraction of sp³-hybridized carbons (Fsp3) is 0.208. The van der Waals surface area contributed by atoms with Crippen molar-refractivity contribution in [3.8, 4) is 17.2 Å². The predicted molar refractivity (Wildman–Crippen MR) is 106 cm³/mol. The second kappa shape index (κ2) is 7.28. The molecule has 3 nitrogen and oxygen atoms in total. The van der Waals surface area contributed by atoms with Gasteiger partial charge in [0.25, 0.3) is 0 Å². The van der Waals surface area contributed by atoms with Crippen LogP contribution in [0.15, 0.2) is 72.8 Å². The van der Waals surface area contributed by atoms with Gasteiger partial charge in [0.15, 0.2) is 0 Å². The van der Waals surface area contributed by atoms with Gasteiger partial charge in [0.05, 0.1) is 0 Å². The normalized spacial score (nSPS) is 13.9. The van der Waals surface area contributed by atoms with Gasteiger partial charge < -0.3 is 9.47 Å². The van der Waals surface area contributed by atoms with Crippen molar-refractivity contribution in [1.82, 2.24) is 0 Å². The molecule has 0 aromatic heterocycles. The van der Waals surface area contributed by atoms with Crippen LogP contribution in [-0.4, -0.2) is 5.97 Å². The summed E-state index contributed by atoms with van der Waals surface area (Å²) in [6.07, 6.45) is 1.08. The highest BCUT2D eigenvalue weighted by molar-refractivity contribution is 5.87. The molecule has 3 aromatic rings. The number of para-hydroxylation sites is 2. The second-order valence-corrected chi connectivity index (χ2v) is 6.91. The second-order valence-electron chi connectivity index (χ2n) is 6.91. The summed E-state index contributed by atoms with van der Waals surface area (Å²) >= 11 is 0. The Morgan fingerprint density at radius 1 is 0.926 bits per heavy atom. The SMILES string of the molecule is CCC(C)c1ccc(OC(=O)C2c3ccccc3Oc3ccccc32)cc1. The van der Waals surface area contributed by atoms with Crippen LogP contribution < -0.4 is 9.47 Å². The number of ether oxygens (including phenoxy) is 2. The van der Waals surface area contributed by atoms with E-state index in [1.165, 1.54) is 5.56 Å². The molecule has 0 amide bonds. The third kappa shape index (κ3) is 3.33. The zero-order valence-corrected chi connectivity index (χ0v) is 15.5. The van der Waals surface area contributed by atoms with E-state index in [1.54, 1.807) is 0 Å². The van der Waals surface area contributed by atoms with E-state index >= 15 is 0 Å². The quantitative estimate of drug-likeness (QED) is 0.421. The van der Waals surface area contributed by atoms with Crippen LogP contribution in [0, 0.1) is 0 Å². The van der Waals surface area contributed by atoms with E-state index in [2.05, 4.69) is 13.8 Å². The number of hydrogen-bond acceptors (Lipinski definition) is 3. The number of carbonyl (C=O) groups is 1. The maximum Gasteiger partial charge on any atom is 0.323 e. The summed E-state index contributed by atoms with van der Waals surface area (Å²) in [5.74, 6) is 1.66. The molecule has 0 fully saturated rings. The van der Waals surface area contributed by atoms with E-state index in [9.17, 15) is 4.79 Å². The van der Waals surface area contributed by atoms with E-state index in [-0.39, 0.29) is 5.97 Å². The number of fused-ring (bicyclic) bond motifs is 2. The summed E-state index contributed by atoms with van der Waals surface area (Å²) < 4.78 is 11.7. The lowest BCUT2D eigenvalue weighted by Gasteiger charge is -2.26. The molecule has 0 saturated carbocycles. The van der Waals surface area contributed by atoms with Crippen molar-refractivity contribution in [2.75, 3.05) is 0 Å². The summed E-state index contributed by atoms with van der Waals surface area (Å²) in [6, 6.07) is 23.0. The van der Waals surface area contributed by atoms with Crippen molar-refractivity contribution in [2.24, 2.45) is 0 Å². The minimum atomic E-state index is -0.500. The summed E-state index contributed by atoms with van der Waals surface area (Å²) in [5, 5.41) is 0. The van der Waals surface area contributed by atoms with Gasteiger partial charge in [0, 0.05) is 11.1 Å². The number of esters is 1. The highest BCUT2D eigenvalue weighted by Gasteiger charge is 2.33. The van der Waals surface area contributed by atoms with Gasteiger partial charge in [-0.1, -0.05) is 62.4 Å². The molecule has 136 valence electrons. The van der Waals surface area contributed by atoms with Crippen LogP contribution in [0.2, 0.25) is 0 Å². The third-order valence-electron chi connectivity index (χ3n) is 5.20. The van der Waals surface area contributed by atoms with Crippen molar-refractivity contribution < 1.29 is 14.3 Å². The standard InChI is InChI=1S/C24H22O3/c1-3-16(2)17-12-14-18(15-13-17)26-24(25)23-19-8-4-6-10-21(19)27-22-11-7-5-9-20(22)23/h4-16,23H,3H2,1-2H3. The molecule has 0 spiro atoms. The molecular weight excluding hydrogens is 336 g/mol. The smallest absolute Gasteiger partial charge is 0.323 e. The number of benzene rings is 3. The van der Waals surface area contributed by atoms with Crippen LogP contribution in [0.5, 0.6) is 17.2 Å². The monoisotopic (exact) mass is 358 g/mol. The molecule has 0 aliphatic carbocycles. The molecule has 3 aromatic carbocycles. The van der Waals surface area contributed by atoms with E-state index in [0.29, 0.717) is 23.2 Å². The van der Waals surface area contributed by atoms with Gasteiger partial charge in [0.1, 0.15) is 23.2 Å². The minimum absolute atomic E-state index is 0.297. The summed E-state index contributed by atoms with van der Waals surface area (Å²) in [4.78, 5) is 13.1. The average Bonchev–Trinajstić information content (AvgIpc) is 2.71. The maximum atomic E-state index is 13.1. The summed E-state index contributed by atoms with van der Waals surface area (Å²) in [6.45, 7) is 4.36. The molecule has 0 radical (unpaired) electrons. The van der Waals surface area contributed by atoms with Crippen LogP contribution >= 0.6 is 0 Å². The third-order valence-corrected chi connectivity index (χ3v) is 5.20. The number of hydrogen-bond donors (Lipinski definition) is 0.